The smallest absolute Gasteiger partial charge is 0.0453 e. The molecule has 0 bridgehead atoms. The fraction of sp³-hybridized carbons (Fsp3) is 0.294. The minimum absolute atomic E-state index is 0.350. The van der Waals surface area contributed by atoms with Gasteiger partial charge in [0.05, 0.1) is 0 Å². The lowest BCUT2D eigenvalue weighted by molar-refractivity contribution is 0.521. The zero-order valence-corrected chi connectivity index (χ0v) is 15.0. The van der Waals surface area contributed by atoms with Gasteiger partial charge in [-0.2, -0.15) is 0 Å². The molecular weight excluding hydrogens is 369 g/mol. The summed E-state index contributed by atoms with van der Waals surface area (Å²) in [4.78, 5) is 0. The molecule has 0 aromatic heterocycles. The van der Waals surface area contributed by atoms with E-state index in [1.165, 1.54) is 5.56 Å². The van der Waals surface area contributed by atoms with Crippen molar-refractivity contribution in [3.63, 3.8) is 0 Å². The van der Waals surface area contributed by atoms with Crippen molar-refractivity contribution < 1.29 is 0 Å². The molecule has 0 fully saturated rings. The van der Waals surface area contributed by atoms with E-state index in [1.807, 2.05) is 18.2 Å². The summed E-state index contributed by atoms with van der Waals surface area (Å²) in [5, 5.41) is 4.95. The van der Waals surface area contributed by atoms with Crippen molar-refractivity contribution in [2.45, 2.75) is 25.8 Å². The molecular formula is C17H18BrCl2N. The first-order valence-electron chi connectivity index (χ1n) is 7.00. The minimum Gasteiger partial charge on any atom is -0.314 e. The number of hydrogen-bond acceptors (Lipinski definition) is 1. The number of rotatable bonds is 6. The summed E-state index contributed by atoms with van der Waals surface area (Å²) in [7, 11) is 0. The largest absolute Gasteiger partial charge is 0.314 e. The Labute approximate surface area is 144 Å². The number of halogens is 3. The maximum atomic E-state index is 6.28. The van der Waals surface area contributed by atoms with Crippen LogP contribution in [-0.4, -0.2) is 12.6 Å². The molecule has 0 radical (unpaired) electrons. The van der Waals surface area contributed by atoms with E-state index in [4.69, 9.17) is 23.2 Å². The molecule has 0 heterocycles. The molecule has 2 aromatic rings. The molecule has 0 aliphatic heterocycles. The summed E-state index contributed by atoms with van der Waals surface area (Å²) in [6.45, 7) is 3.06. The average molecular weight is 387 g/mol. The highest BCUT2D eigenvalue weighted by molar-refractivity contribution is 9.10. The van der Waals surface area contributed by atoms with E-state index in [2.05, 4.69) is 46.4 Å². The molecule has 1 atom stereocenters. The van der Waals surface area contributed by atoms with Crippen LogP contribution >= 0.6 is 39.1 Å². The Morgan fingerprint density at radius 2 is 1.90 bits per heavy atom. The van der Waals surface area contributed by atoms with Crippen molar-refractivity contribution in [3.8, 4) is 0 Å². The van der Waals surface area contributed by atoms with E-state index in [0.29, 0.717) is 11.1 Å². The third kappa shape index (κ3) is 5.30. The second-order valence-electron chi connectivity index (χ2n) is 5.03. The molecule has 0 saturated heterocycles. The molecule has 1 nitrogen and oxygen atoms in total. The van der Waals surface area contributed by atoms with Gasteiger partial charge in [0.15, 0.2) is 0 Å². The van der Waals surface area contributed by atoms with Crippen LogP contribution < -0.4 is 5.32 Å². The van der Waals surface area contributed by atoms with Crippen molar-refractivity contribution in [2.75, 3.05) is 6.54 Å². The standard InChI is InChI=1S/C17H18BrCl2N/c1-2-21-16(9-12-4-3-5-14(18)8-12)10-13-6-7-15(19)11-17(13)20/h3-8,11,16,21H,2,9-10H2,1H3. The summed E-state index contributed by atoms with van der Waals surface area (Å²) in [6.07, 6.45) is 1.85. The van der Waals surface area contributed by atoms with Crippen LogP contribution in [0.2, 0.25) is 10.0 Å². The van der Waals surface area contributed by atoms with Gasteiger partial charge in [-0.15, -0.1) is 0 Å². The molecule has 2 rings (SSSR count). The Morgan fingerprint density at radius 1 is 1.10 bits per heavy atom. The van der Waals surface area contributed by atoms with E-state index in [9.17, 15) is 0 Å². The average Bonchev–Trinajstić information content (AvgIpc) is 2.42. The Morgan fingerprint density at radius 3 is 2.57 bits per heavy atom. The number of nitrogens with one attached hydrogen (secondary N) is 1. The summed E-state index contributed by atoms with van der Waals surface area (Å²) < 4.78 is 1.11. The van der Waals surface area contributed by atoms with E-state index in [1.54, 1.807) is 6.07 Å². The predicted molar refractivity (Wildman–Crippen MR) is 95.5 cm³/mol. The van der Waals surface area contributed by atoms with E-state index in [-0.39, 0.29) is 0 Å². The van der Waals surface area contributed by atoms with Crippen LogP contribution in [0, 0.1) is 0 Å². The van der Waals surface area contributed by atoms with Crippen LogP contribution in [0.5, 0.6) is 0 Å². The number of benzene rings is 2. The predicted octanol–water partition coefficient (Wildman–Crippen LogP) is 5.52. The van der Waals surface area contributed by atoms with Crippen LogP contribution in [0.4, 0.5) is 0 Å². The first kappa shape index (κ1) is 16.8. The van der Waals surface area contributed by atoms with Gasteiger partial charge < -0.3 is 5.32 Å². The Balaban J connectivity index is 2.11. The van der Waals surface area contributed by atoms with E-state index >= 15 is 0 Å². The Bertz CT molecular complexity index is 601. The van der Waals surface area contributed by atoms with Gasteiger partial charge in [-0.1, -0.05) is 64.3 Å². The number of likely N-dealkylation sites (N-methyl/N-ethyl adjacent to an activating group) is 1. The fourth-order valence-electron chi connectivity index (χ4n) is 2.41. The van der Waals surface area contributed by atoms with Gasteiger partial charge in [0, 0.05) is 20.6 Å². The van der Waals surface area contributed by atoms with Crippen LogP contribution in [-0.2, 0) is 12.8 Å². The zero-order valence-electron chi connectivity index (χ0n) is 11.9. The Kier molecular flexibility index (Phi) is 6.56. The molecule has 112 valence electrons. The lowest BCUT2D eigenvalue weighted by Crippen LogP contribution is -2.33. The lowest BCUT2D eigenvalue weighted by atomic mass is 9.99. The number of hydrogen-bond donors (Lipinski definition) is 1. The first-order chi connectivity index (χ1) is 10.1. The van der Waals surface area contributed by atoms with E-state index in [0.717, 1.165) is 34.4 Å². The highest BCUT2D eigenvalue weighted by Crippen LogP contribution is 2.23. The van der Waals surface area contributed by atoms with Crippen molar-refractivity contribution in [1.82, 2.24) is 5.32 Å². The van der Waals surface area contributed by atoms with Crippen LogP contribution in [0.15, 0.2) is 46.9 Å². The molecule has 2 aromatic carbocycles. The molecule has 21 heavy (non-hydrogen) atoms. The van der Waals surface area contributed by atoms with Gasteiger partial charge in [-0.3, -0.25) is 0 Å². The second-order valence-corrected chi connectivity index (χ2v) is 6.79. The van der Waals surface area contributed by atoms with Crippen LogP contribution in [0.3, 0.4) is 0 Å². The summed E-state index contributed by atoms with van der Waals surface area (Å²) >= 11 is 15.8. The molecule has 0 amide bonds. The molecule has 0 saturated carbocycles. The zero-order chi connectivity index (χ0) is 15.2. The van der Waals surface area contributed by atoms with Crippen molar-refractivity contribution in [2.24, 2.45) is 0 Å². The molecule has 0 spiro atoms. The molecule has 0 aliphatic carbocycles. The van der Waals surface area contributed by atoms with Crippen LogP contribution in [0.25, 0.3) is 0 Å². The maximum absolute atomic E-state index is 6.28. The van der Waals surface area contributed by atoms with Crippen LogP contribution in [0.1, 0.15) is 18.1 Å². The topological polar surface area (TPSA) is 12.0 Å². The van der Waals surface area contributed by atoms with Crippen molar-refractivity contribution in [3.05, 3.63) is 68.1 Å². The Hall–Kier alpha value is -0.540. The fourth-order valence-corrected chi connectivity index (χ4v) is 3.34. The monoisotopic (exact) mass is 385 g/mol. The SMILES string of the molecule is CCNC(Cc1cccc(Br)c1)Cc1ccc(Cl)cc1Cl. The summed E-state index contributed by atoms with van der Waals surface area (Å²) in [5.74, 6) is 0. The van der Waals surface area contributed by atoms with Gasteiger partial charge in [-0.05, 0) is 54.8 Å². The van der Waals surface area contributed by atoms with Crippen molar-refractivity contribution in [1.29, 1.82) is 0 Å². The molecule has 1 unspecified atom stereocenters. The summed E-state index contributed by atoms with van der Waals surface area (Å²) in [5.41, 5.74) is 2.43. The van der Waals surface area contributed by atoms with Gasteiger partial charge in [0.1, 0.15) is 0 Å². The van der Waals surface area contributed by atoms with Gasteiger partial charge in [-0.25, -0.2) is 0 Å². The third-order valence-electron chi connectivity index (χ3n) is 3.35. The summed E-state index contributed by atoms with van der Waals surface area (Å²) in [6, 6.07) is 14.5. The van der Waals surface area contributed by atoms with Crippen molar-refractivity contribution >= 4 is 39.1 Å². The highest BCUT2D eigenvalue weighted by Gasteiger charge is 2.12. The molecule has 1 N–H and O–H groups in total. The van der Waals surface area contributed by atoms with Gasteiger partial charge in [0.2, 0.25) is 0 Å². The highest BCUT2D eigenvalue weighted by atomic mass is 79.9. The maximum Gasteiger partial charge on any atom is 0.0453 e. The van der Waals surface area contributed by atoms with E-state index < -0.39 is 0 Å². The lowest BCUT2D eigenvalue weighted by Gasteiger charge is -2.19. The normalized spacial score (nSPS) is 12.4. The van der Waals surface area contributed by atoms with Gasteiger partial charge in [0.25, 0.3) is 0 Å². The van der Waals surface area contributed by atoms with Gasteiger partial charge >= 0.3 is 0 Å². The minimum atomic E-state index is 0.350. The first-order valence-corrected chi connectivity index (χ1v) is 8.55. The quantitative estimate of drug-likeness (QED) is 0.689. The molecule has 4 heteroatoms. The molecule has 0 aliphatic rings. The second kappa shape index (κ2) is 8.19. The third-order valence-corrected chi connectivity index (χ3v) is 4.43.